The van der Waals surface area contributed by atoms with Crippen LogP contribution in [-0.2, 0) is 4.79 Å². The molecule has 1 saturated carbocycles. The minimum absolute atomic E-state index is 0.0345. The Bertz CT molecular complexity index is 1320. The average molecular weight is 548 g/mol. The van der Waals surface area contributed by atoms with Crippen molar-refractivity contribution in [3.63, 3.8) is 0 Å². The predicted molar refractivity (Wildman–Crippen MR) is 126 cm³/mol. The summed E-state index contributed by atoms with van der Waals surface area (Å²) >= 11 is 24.5. The first-order valence-electron chi connectivity index (χ1n) is 9.68. The molecule has 4 nitrogen and oxygen atoms in total. The summed E-state index contributed by atoms with van der Waals surface area (Å²) in [4.78, 5) is 25.5. The van der Waals surface area contributed by atoms with Crippen LogP contribution in [0.3, 0.4) is 0 Å². The third-order valence-corrected chi connectivity index (χ3v) is 6.86. The number of benzene rings is 3. The van der Waals surface area contributed by atoms with Gasteiger partial charge in [-0.25, -0.2) is 13.2 Å². The first-order chi connectivity index (χ1) is 16.0. The Morgan fingerprint density at radius 2 is 1.56 bits per heavy atom. The molecule has 1 fully saturated rings. The van der Waals surface area contributed by atoms with Crippen molar-refractivity contribution in [2.75, 3.05) is 10.6 Å². The average Bonchev–Trinajstić information content (AvgIpc) is 3.35. The second-order valence-electron chi connectivity index (χ2n) is 7.57. The Morgan fingerprint density at radius 1 is 0.824 bits per heavy atom. The van der Waals surface area contributed by atoms with Crippen molar-refractivity contribution in [1.29, 1.82) is 0 Å². The normalized spacial score (nSPS) is 18.3. The van der Waals surface area contributed by atoms with Gasteiger partial charge >= 0.3 is 0 Å². The maximum absolute atomic E-state index is 13.9. The number of amides is 2. The summed E-state index contributed by atoms with van der Waals surface area (Å²) in [6.07, 6.45) is 0. The Labute approximate surface area is 211 Å². The number of alkyl halides is 2. The first-order valence-corrected chi connectivity index (χ1v) is 11.2. The van der Waals surface area contributed by atoms with Crippen LogP contribution in [0.2, 0.25) is 10.0 Å². The van der Waals surface area contributed by atoms with Gasteiger partial charge < -0.3 is 10.6 Å². The second kappa shape index (κ2) is 9.30. The topological polar surface area (TPSA) is 58.2 Å². The number of nitrogens with one attached hydrogen (secondary N) is 2. The van der Waals surface area contributed by atoms with E-state index in [1.54, 1.807) is 0 Å². The highest BCUT2D eigenvalue weighted by molar-refractivity contribution is 6.53. The molecule has 1 unspecified atom stereocenters. The first kappa shape index (κ1) is 24.7. The van der Waals surface area contributed by atoms with Crippen LogP contribution in [0.25, 0.3) is 0 Å². The zero-order chi connectivity index (χ0) is 24.8. The standard InChI is InChI=1S/C23H13Cl4F3N2O2/c24-14-4-3-12(9-13(14)21(33)32-18-6-2-11(28)8-17(18)30)31-22(34)20-19(23(20,26)27)10-1-5-16(29)15(25)7-10/h1-9,19-20H,(H,31,34)(H,32,33)/t19?,20-/m0/s1. The fourth-order valence-electron chi connectivity index (χ4n) is 3.55. The Hall–Kier alpha value is -2.45. The summed E-state index contributed by atoms with van der Waals surface area (Å²) in [6, 6.07) is 10.7. The second-order valence-corrected chi connectivity index (χ2v) is 9.82. The van der Waals surface area contributed by atoms with E-state index in [-0.39, 0.29) is 27.0 Å². The van der Waals surface area contributed by atoms with E-state index in [9.17, 15) is 22.8 Å². The van der Waals surface area contributed by atoms with Crippen LogP contribution >= 0.6 is 46.4 Å². The Morgan fingerprint density at radius 3 is 2.24 bits per heavy atom. The van der Waals surface area contributed by atoms with Gasteiger partial charge in [-0.05, 0) is 48.0 Å². The number of carbonyl (C=O) groups excluding carboxylic acids is 2. The molecule has 2 N–H and O–H groups in total. The van der Waals surface area contributed by atoms with Crippen LogP contribution in [-0.4, -0.2) is 16.1 Å². The summed E-state index contributed by atoms with van der Waals surface area (Å²) in [7, 11) is 0. The molecule has 0 spiro atoms. The lowest BCUT2D eigenvalue weighted by molar-refractivity contribution is -0.117. The monoisotopic (exact) mass is 546 g/mol. The molecule has 0 aliphatic heterocycles. The van der Waals surface area contributed by atoms with Crippen molar-refractivity contribution in [3.8, 4) is 0 Å². The largest absolute Gasteiger partial charge is 0.326 e. The zero-order valence-corrected chi connectivity index (χ0v) is 19.8. The van der Waals surface area contributed by atoms with E-state index in [0.717, 1.165) is 18.2 Å². The van der Waals surface area contributed by atoms with E-state index in [4.69, 9.17) is 46.4 Å². The summed E-state index contributed by atoms with van der Waals surface area (Å²) in [6.45, 7) is 0. The van der Waals surface area contributed by atoms with E-state index in [1.807, 2.05) is 0 Å². The van der Waals surface area contributed by atoms with Gasteiger partial charge in [-0.3, -0.25) is 9.59 Å². The van der Waals surface area contributed by atoms with Crippen molar-refractivity contribution < 1.29 is 22.8 Å². The molecule has 11 heteroatoms. The minimum Gasteiger partial charge on any atom is -0.326 e. The van der Waals surface area contributed by atoms with E-state index in [2.05, 4.69) is 10.6 Å². The van der Waals surface area contributed by atoms with E-state index in [1.165, 1.54) is 30.3 Å². The van der Waals surface area contributed by atoms with Crippen molar-refractivity contribution >= 4 is 69.6 Å². The molecule has 1 aliphatic rings. The number of carbonyl (C=O) groups is 2. The van der Waals surface area contributed by atoms with Crippen LogP contribution in [0.5, 0.6) is 0 Å². The molecule has 1 aliphatic carbocycles. The summed E-state index contributed by atoms with van der Waals surface area (Å²) in [5.74, 6) is -5.21. The molecule has 2 amide bonds. The molecule has 0 saturated heterocycles. The van der Waals surface area contributed by atoms with Gasteiger partial charge in [0.1, 0.15) is 21.8 Å². The van der Waals surface area contributed by atoms with Crippen LogP contribution in [0, 0.1) is 23.4 Å². The van der Waals surface area contributed by atoms with Crippen LogP contribution in [0.15, 0.2) is 54.6 Å². The van der Waals surface area contributed by atoms with E-state index < -0.39 is 45.4 Å². The maximum Gasteiger partial charge on any atom is 0.257 e. The van der Waals surface area contributed by atoms with Gasteiger partial charge in [0.05, 0.1) is 27.2 Å². The van der Waals surface area contributed by atoms with Gasteiger partial charge in [0.25, 0.3) is 5.91 Å². The molecule has 4 rings (SSSR count). The highest BCUT2D eigenvalue weighted by atomic mass is 35.5. The molecule has 0 heterocycles. The Kier molecular flexibility index (Phi) is 6.75. The quantitative estimate of drug-likeness (QED) is 0.332. The molecule has 0 aromatic heterocycles. The molecule has 0 bridgehead atoms. The molecule has 176 valence electrons. The number of hydrogen-bond acceptors (Lipinski definition) is 2. The molecule has 2 atom stereocenters. The SMILES string of the molecule is O=C(Nc1ccc(F)cc1F)c1cc(NC(=O)[C@@H]2C(c3ccc(F)c(Cl)c3)C2(Cl)Cl)ccc1Cl. The van der Waals surface area contributed by atoms with Crippen LogP contribution in [0.4, 0.5) is 24.5 Å². The lowest BCUT2D eigenvalue weighted by atomic mass is 10.1. The van der Waals surface area contributed by atoms with Gasteiger partial charge in [0.15, 0.2) is 0 Å². The molecular formula is C23H13Cl4F3N2O2. The van der Waals surface area contributed by atoms with Crippen molar-refractivity contribution in [3.05, 3.63) is 93.2 Å². The lowest BCUT2D eigenvalue weighted by Crippen LogP contribution is -2.18. The maximum atomic E-state index is 13.9. The molecular weight excluding hydrogens is 535 g/mol. The molecule has 3 aromatic rings. The summed E-state index contributed by atoms with van der Waals surface area (Å²) in [5.41, 5.74) is 0.383. The minimum atomic E-state index is -1.45. The smallest absolute Gasteiger partial charge is 0.257 e. The number of rotatable bonds is 5. The third-order valence-electron chi connectivity index (χ3n) is 5.30. The number of halogens is 7. The lowest BCUT2D eigenvalue weighted by Gasteiger charge is -2.11. The molecule has 3 aromatic carbocycles. The highest BCUT2D eigenvalue weighted by Crippen LogP contribution is 2.65. The van der Waals surface area contributed by atoms with E-state index in [0.29, 0.717) is 11.6 Å². The predicted octanol–water partition coefficient (Wildman–Crippen LogP) is 7.19. The van der Waals surface area contributed by atoms with Gasteiger partial charge in [-0.2, -0.15) is 0 Å². The molecule has 34 heavy (non-hydrogen) atoms. The fraction of sp³-hybridized carbons (Fsp3) is 0.130. The van der Waals surface area contributed by atoms with Crippen LogP contribution < -0.4 is 10.6 Å². The number of anilines is 2. The van der Waals surface area contributed by atoms with Gasteiger partial charge in [0, 0.05) is 17.7 Å². The summed E-state index contributed by atoms with van der Waals surface area (Å²) in [5, 5.41) is 4.82. The van der Waals surface area contributed by atoms with Gasteiger partial charge in [-0.1, -0.05) is 29.3 Å². The fourth-order valence-corrected chi connectivity index (χ4v) is 4.77. The van der Waals surface area contributed by atoms with E-state index >= 15 is 0 Å². The third kappa shape index (κ3) is 4.84. The highest BCUT2D eigenvalue weighted by Gasteiger charge is 2.67. The molecule has 0 radical (unpaired) electrons. The summed E-state index contributed by atoms with van der Waals surface area (Å²) < 4.78 is 39.0. The van der Waals surface area contributed by atoms with Crippen molar-refractivity contribution in [2.24, 2.45) is 5.92 Å². The zero-order valence-electron chi connectivity index (χ0n) is 16.8. The Balaban J connectivity index is 1.51. The number of hydrogen-bond donors (Lipinski definition) is 2. The van der Waals surface area contributed by atoms with Gasteiger partial charge in [0.2, 0.25) is 5.91 Å². The van der Waals surface area contributed by atoms with Crippen LogP contribution in [0.1, 0.15) is 21.8 Å². The van der Waals surface area contributed by atoms with Crippen molar-refractivity contribution in [1.82, 2.24) is 0 Å². The van der Waals surface area contributed by atoms with Gasteiger partial charge in [-0.15, -0.1) is 23.2 Å². The van der Waals surface area contributed by atoms with Crippen molar-refractivity contribution in [2.45, 2.75) is 10.3 Å².